The van der Waals surface area contributed by atoms with E-state index in [2.05, 4.69) is 36.1 Å². The third kappa shape index (κ3) is 4.75. The number of aryl methyl sites for hydroxylation is 1. The van der Waals surface area contributed by atoms with Crippen molar-refractivity contribution in [3.05, 3.63) is 58.7 Å². The summed E-state index contributed by atoms with van der Waals surface area (Å²) < 4.78 is 10.9. The number of hydrogen-bond donors (Lipinski definition) is 1. The molecule has 0 aromatic heterocycles. The Kier molecular flexibility index (Phi) is 6.98. The largest absolute Gasteiger partial charge is 0.496 e. The summed E-state index contributed by atoms with van der Waals surface area (Å²) >= 11 is 0. The Labute approximate surface area is 190 Å². The second-order valence-electron chi connectivity index (χ2n) is 8.63. The number of β-amino-alcohol motifs (C(OH)–C–C–N with tert-alkyl or cyclic N) is 1. The fraction of sp³-hybridized carbons (Fsp3) is 0.480. The maximum absolute atomic E-state index is 13.0. The van der Waals surface area contributed by atoms with Crippen molar-refractivity contribution in [2.45, 2.75) is 26.1 Å². The van der Waals surface area contributed by atoms with E-state index < -0.39 is 6.10 Å². The summed E-state index contributed by atoms with van der Waals surface area (Å²) in [6.07, 6.45) is -0.720. The van der Waals surface area contributed by atoms with E-state index in [9.17, 15) is 9.90 Å². The molecule has 0 spiro atoms. The summed E-state index contributed by atoms with van der Waals surface area (Å²) in [6.45, 7) is 7.50. The fourth-order valence-corrected chi connectivity index (χ4v) is 4.74. The smallest absolute Gasteiger partial charge is 0.236 e. The van der Waals surface area contributed by atoms with Crippen molar-refractivity contribution in [2.24, 2.45) is 0 Å². The van der Waals surface area contributed by atoms with Gasteiger partial charge in [0.25, 0.3) is 0 Å². The van der Waals surface area contributed by atoms with E-state index in [-0.39, 0.29) is 12.5 Å². The molecule has 2 aromatic rings. The lowest BCUT2D eigenvalue weighted by Crippen LogP contribution is -2.51. The van der Waals surface area contributed by atoms with Gasteiger partial charge in [0.1, 0.15) is 11.5 Å². The second kappa shape index (κ2) is 9.90. The number of rotatable bonds is 6. The van der Waals surface area contributed by atoms with Gasteiger partial charge in [0.05, 0.1) is 26.9 Å². The zero-order chi connectivity index (χ0) is 22.7. The Morgan fingerprint density at radius 2 is 1.69 bits per heavy atom. The Morgan fingerprint density at radius 1 is 1.00 bits per heavy atom. The first-order valence-electron chi connectivity index (χ1n) is 11.2. The highest BCUT2D eigenvalue weighted by atomic mass is 16.5. The van der Waals surface area contributed by atoms with E-state index in [1.807, 2.05) is 21.9 Å². The summed E-state index contributed by atoms with van der Waals surface area (Å²) in [6, 6.07) is 12.1. The van der Waals surface area contributed by atoms with Gasteiger partial charge in [-0.2, -0.15) is 0 Å². The van der Waals surface area contributed by atoms with Crippen LogP contribution in [0.2, 0.25) is 0 Å². The molecular formula is C25H33N3O4. The Hall–Kier alpha value is -2.61. The molecule has 2 aliphatic heterocycles. The van der Waals surface area contributed by atoms with Gasteiger partial charge < -0.3 is 19.5 Å². The predicted octanol–water partition coefficient (Wildman–Crippen LogP) is 2.21. The number of carbonyl (C=O) groups is 1. The number of hydrogen-bond acceptors (Lipinski definition) is 6. The first kappa shape index (κ1) is 22.6. The summed E-state index contributed by atoms with van der Waals surface area (Å²) in [5, 5.41) is 10.8. The molecular weight excluding hydrogens is 406 g/mol. The third-order valence-electron chi connectivity index (χ3n) is 6.60. The van der Waals surface area contributed by atoms with Gasteiger partial charge in [0, 0.05) is 56.9 Å². The number of fused-ring (bicyclic) bond motifs is 1. The van der Waals surface area contributed by atoms with Gasteiger partial charge in [-0.1, -0.05) is 24.3 Å². The zero-order valence-corrected chi connectivity index (χ0v) is 19.2. The van der Waals surface area contributed by atoms with Gasteiger partial charge in [0.2, 0.25) is 5.91 Å². The molecule has 1 N–H and O–H groups in total. The molecule has 1 amide bonds. The minimum Gasteiger partial charge on any atom is -0.496 e. The zero-order valence-electron chi connectivity index (χ0n) is 19.2. The first-order chi connectivity index (χ1) is 15.5. The van der Waals surface area contributed by atoms with Gasteiger partial charge in [0.15, 0.2) is 0 Å². The standard InChI is InChI=1S/C25H33N3O4/c1-18-6-4-5-7-19(18)14-26-10-12-28(13-11-26)24(30)17-27-15-20-22(31-2)8-9-23(32-3)25(20)21(29)16-27/h4-9,21,29H,10-17H2,1-3H3. The normalized spacial score (nSPS) is 19.5. The van der Waals surface area contributed by atoms with E-state index in [4.69, 9.17) is 9.47 Å². The van der Waals surface area contributed by atoms with Gasteiger partial charge in [-0.3, -0.25) is 14.6 Å². The Morgan fingerprint density at radius 3 is 2.38 bits per heavy atom. The lowest BCUT2D eigenvalue weighted by Gasteiger charge is -2.37. The van der Waals surface area contributed by atoms with Crippen LogP contribution in [-0.4, -0.2) is 79.2 Å². The molecule has 172 valence electrons. The molecule has 1 saturated heterocycles. The van der Waals surface area contributed by atoms with E-state index in [1.54, 1.807) is 14.2 Å². The summed E-state index contributed by atoms with van der Waals surface area (Å²) in [4.78, 5) is 19.4. The molecule has 1 atom stereocenters. The van der Waals surface area contributed by atoms with Gasteiger partial charge in [-0.25, -0.2) is 0 Å². The highest BCUT2D eigenvalue weighted by Gasteiger charge is 2.31. The number of ether oxygens (including phenoxy) is 2. The van der Waals surface area contributed by atoms with Crippen LogP contribution < -0.4 is 9.47 Å². The fourth-order valence-electron chi connectivity index (χ4n) is 4.74. The summed E-state index contributed by atoms with van der Waals surface area (Å²) in [5.74, 6) is 1.48. The van der Waals surface area contributed by atoms with E-state index in [0.717, 1.165) is 43.9 Å². The average molecular weight is 440 g/mol. The molecule has 2 heterocycles. The monoisotopic (exact) mass is 439 g/mol. The van der Waals surface area contributed by atoms with Crippen molar-refractivity contribution in [2.75, 3.05) is 53.5 Å². The summed E-state index contributed by atoms with van der Waals surface area (Å²) in [5.41, 5.74) is 4.31. The van der Waals surface area contributed by atoms with E-state index in [0.29, 0.717) is 24.6 Å². The molecule has 7 heteroatoms. The number of benzene rings is 2. The van der Waals surface area contributed by atoms with Crippen molar-refractivity contribution >= 4 is 5.91 Å². The molecule has 1 fully saturated rings. The first-order valence-corrected chi connectivity index (χ1v) is 11.2. The van der Waals surface area contributed by atoms with Crippen molar-refractivity contribution in [1.82, 2.24) is 14.7 Å². The number of carbonyl (C=O) groups excluding carboxylic acids is 1. The molecule has 32 heavy (non-hydrogen) atoms. The van der Waals surface area contributed by atoms with E-state index >= 15 is 0 Å². The molecule has 2 aliphatic rings. The molecule has 0 aliphatic carbocycles. The van der Waals surface area contributed by atoms with Crippen molar-refractivity contribution < 1.29 is 19.4 Å². The molecule has 0 saturated carbocycles. The number of amides is 1. The minimum atomic E-state index is -0.720. The minimum absolute atomic E-state index is 0.109. The predicted molar refractivity (Wildman–Crippen MR) is 123 cm³/mol. The maximum Gasteiger partial charge on any atom is 0.236 e. The van der Waals surface area contributed by atoms with Crippen LogP contribution in [0.4, 0.5) is 0 Å². The van der Waals surface area contributed by atoms with Crippen molar-refractivity contribution in [3.8, 4) is 11.5 Å². The number of methoxy groups -OCH3 is 2. The van der Waals surface area contributed by atoms with Crippen LogP contribution in [0.25, 0.3) is 0 Å². The molecule has 0 bridgehead atoms. The van der Waals surface area contributed by atoms with Crippen LogP contribution >= 0.6 is 0 Å². The number of nitrogens with zero attached hydrogens (tertiary/aromatic N) is 3. The number of piperazine rings is 1. The van der Waals surface area contributed by atoms with E-state index in [1.165, 1.54) is 11.1 Å². The molecule has 2 aromatic carbocycles. The van der Waals surface area contributed by atoms with Crippen LogP contribution in [0, 0.1) is 6.92 Å². The lowest BCUT2D eigenvalue weighted by atomic mass is 9.95. The lowest BCUT2D eigenvalue weighted by molar-refractivity contribution is -0.134. The quantitative estimate of drug-likeness (QED) is 0.745. The highest BCUT2D eigenvalue weighted by Crippen LogP contribution is 2.39. The second-order valence-corrected chi connectivity index (χ2v) is 8.63. The van der Waals surface area contributed by atoms with Gasteiger partial charge in [-0.05, 0) is 30.2 Å². The molecule has 1 unspecified atom stereocenters. The van der Waals surface area contributed by atoms with Gasteiger partial charge >= 0.3 is 0 Å². The van der Waals surface area contributed by atoms with Crippen LogP contribution in [-0.2, 0) is 17.9 Å². The van der Waals surface area contributed by atoms with Crippen LogP contribution in [0.1, 0.15) is 28.4 Å². The van der Waals surface area contributed by atoms with Gasteiger partial charge in [-0.15, -0.1) is 0 Å². The molecule has 7 nitrogen and oxygen atoms in total. The summed E-state index contributed by atoms with van der Waals surface area (Å²) in [7, 11) is 3.22. The van der Waals surface area contributed by atoms with Crippen LogP contribution in [0.15, 0.2) is 36.4 Å². The number of aliphatic hydroxyl groups is 1. The highest BCUT2D eigenvalue weighted by molar-refractivity contribution is 5.78. The van der Waals surface area contributed by atoms with Crippen LogP contribution in [0.3, 0.4) is 0 Å². The van der Waals surface area contributed by atoms with Crippen LogP contribution in [0.5, 0.6) is 11.5 Å². The van der Waals surface area contributed by atoms with Crippen molar-refractivity contribution in [1.29, 1.82) is 0 Å². The third-order valence-corrected chi connectivity index (χ3v) is 6.60. The molecule has 0 radical (unpaired) electrons. The Balaban J connectivity index is 1.35. The topological polar surface area (TPSA) is 65.5 Å². The average Bonchev–Trinajstić information content (AvgIpc) is 2.80. The number of aliphatic hydroxyl groups excluding tert-OH is 1. The SMILES string of the molecule is COc1ccc(OC)c2c1CN(CC(=O)N1CCN(Cc3ccccc3C)CC1)CC2O. The Bertz CT molecular complexity index is 956. The van der Waals surface area contributed by atoms with Crippen molar-refractivity contribution in [3.63, 3.8) is 0 Å². The molecule has 4 rings (SSSR count). The maximum atomic E-state index is 13.0.